The van der Waals surface area contributed by atoms with E-state index in [0.29, 0.717) is 22.4 Å². The fraction of sp³-hybridized carbons (Fsp3) is 0.0556. The number of sulfone groups is 1. The molecule has 0 heterocycles. The molecule has 0 fully saturated rings. The Morgan fingerprint density at radius 1 is 1.20 bits per heavy atom. The van der Waals surface area contributed by atoms with Crippen molar-refractivity contribution in [1.82, 2.24) is 5.48 Å². The number of amides is 1. The van der Waals surface area contributed by atoms with Gasteiger partial charge < -0.3 is 5.73 Å². The van der Waals surface area contributed by atoms with Crippen molar-refractivity contribution in [3.8, 4) is 11.1 Å². The van der Waals surface area contributed by atoms with Gasteiger partial charge in [-0.25, -0.2) is 13.9 Å². The Kier molecular flexibility index (Phi) is 5.74. The first-order valence-electron chi connectivity index (χ1n) is 7.34. The van der Waals surface area contributed by atoms with E-state index < -0.39 is 15.7 Å². The van der Waals surface area contributed by atoms with Gasteiger partial charge in [0.1, 0.15) is 0 Å². The number of rotatable bonds is 6. The molecule has 7 heteroatoms. The van der Waals surface area contributed by atoms with Crippen molar-refractivity contribution in [1.29, 1.82) is 0 Å². The third-order valence-corrected chi connectivity index (χ3v) is 5.19. The van der Waals surface area contributed by atoms with E-state index in [1.54, 1.807) is 30.3 Å². The molecule has 1 amide bonds. The van der Waals surface area contributed by atoms with E-state index in [1.165, 1.54) is 23.7 Å². The molecule has 0 atom stereocenters. The van der Waals surface area contributed by atoms with Crippen LogP contribution in [0.4, 0.5) is 5.69 Å². The van der Waals surface area contributed by atoms with Crippen LogP contribution in [0.3, 0.4) is 0 Å². The van der Waals surface area contributed by atoms with Gasteiger partial charge in [0, 0.05) is 17.3 Å². The molecule has 0 aliphatic heterocycles. The molecule has 0 aliphatic rings. The van der Waals surface area contributed by atoms with E-state index in [0.717, 1.165) is 6.08 Å². The normalized spacial score (nSPS) is 11.4. The molecule has 0 unspecified atom stereocenters. The standard InChI is InChI=1S/C18H18N2O4S/c1-2-12-25(23,24)18-14(9-11-16(21)20-22)8-10-15(19)17(18)13-6-4-3-5-7-13/h2-11,22H,1,12,19H2,(H,20,21)/b11-9+. The quantitative estimate of drug-likeness (QED) is 0.241. The third-order valence-electron chi connectivity index (χ3n) is 3.46. The Labute approximate surface area is 146 Å². The molecule has 130 valence electrons. The van der Waals surface area contributed by atoms with Gasteiger partial charge in [-0.05, 0) is 23.3 Å². The molecule has 0 bridgehead atoms. The summed E-state index contributed by atoms with van der Waals surface area (Å²) in [5.41, 5.74) is 9.13. The Morgan fingerprint density at radius 3 is 2.48 bits per heavy atom. The van der Waals surface area contributed by atoms with Crippen molar-refractivity contribution in [3.05, 3.63) is 66.8 Å². The number of hydroxylamine groups is 1. The van der Waals surface area contributed by atoms with Crippen molar-refractivity contribution < 1.29 is 18.4 Å². The van der Waals surface area contributed by atoms with Gasteiger partial charge in [0.15, 0.2) is 9.84 Å². The fourth-order valence-corrected chi connectivity index (χ4v) is 3.94. The lowest BCUT2D eigenvalue weighted by atomic mass is 10.0. The second-order valence-electron chi connectivity index (χ2n) is 5.19. The topological polar surface area (TPSA) is 109 Å². The van der Waals surface area contributed by atoms with E-state index in [2.05, 4.69) is 6.58 Å². The summed E-state index contributed by atoms with van der Waals surface area (Å²) in [6.07, 6.45) is 3.64. The maximum Gasteiger partial charge on any atom is 0.267 e. The Balaban J connectivity index is 2.80. The van der Waals surface area contributed by atoms with Gasteiger partial charge >= 0.3 is 0 Å². The number of carbonyl (C=O) groups is 1. The highest BCUT2D eigenvalue weighted by atomic mass is 32.2. The van der Waals surface area contributed by atoms with Gasteiger partial charge in [0.25, 0.3) is 5.91 Å². The highest BCUT2D eigenvalue weighted by Gasteiger charge is 2.23. The molecule has 0 saturated carbocycles. The number of nitrogens with one attached hydrogen (secondary N) is 1. The molecule has 0 aromatic heterocycles. The first-order chi connectivity index (χ1) is 11.9. The summed E-state index contributed by atoms with van der Waals surface area (Å²) >= 11 is 0. The van der Waals surface area contributed by atoms with Crippen molar-refractivity contribution in [2.24, 2.45) is 0 Å². The van der Waals surface area contributed by atoms with Gasteiger partial charge in [0.2, 0.25) is 0 Å². The zero-order chi connectivity index (χ0) is 18.4. The van der Waals surface area contributed by atoms with E-state index in [4.69, 9.17) is 10.9 Å². The van der Waals surface area contributed by atoms with Gasteiger partial charge in [-0.1, -0.05) is 42.5 Å². The van der Waals surface area contributed by atoms with Crippen molar-refractivity contribution in [3.63, 3.8) is 0 Å². The third kappa shape index (κ3) is 4.14. The lowest BCUT2D eigenvalue weighted by Crippen LogP contribution is -2.15. The van der Waals surface area contributed by atoms with Crippen LogP contribution >= 0.6 is 0 Å². The van der Waals surface area contributed by atoms with Crippen LogP contribution in [-0.2, 0) is 14.6 Å². The molecular formula is C18H18N2O4S. The molecule has 4 N–H and O–H groups in total. The molecule has 0 spiro atoms. The number of hydrogen-bond acceptors (Lipinski definition) is 5. The Hall–Kier alpha value is -2.90. The van der Waals surface area contributed by atoms with Crippen LogP contribution < -0.4 is 11.2 Å². The number of carbonyl (C=O) groups excluding carboxylic acids is 1. The molecule has 2 rings (SSSR count). The van der Waals surface area contributed by atoms with E-state index >= 15 is 0 Å². The monoisotopic (exact) mass is 358 g/mol. The predicted molar refractivity (Wildman–Crippen MR) is 97.5 cm³/mol. The molecule has 0 radical (unpaired) electrons. The van der Waals surface area contributed by atoms with Gasteiger partial charge in [-0.15, -0.1) is 6.58 Å². The molecular weight excluding hydrogens is 340 g/mol. The zero-order valence-corrected chi connectivity index (χ0v) is 14.2. The summed E-state index contributed by atoms with van der Waals surface area (Å²) in [5.74, 6) is -1.05. The lowest BCUT2D eigenvalue weighted by molar-refractivity contribution is -0.124. The van der Waals surface area contributed by atoms with Crippen LogP contribution in [0.1, 0.15) is 5.56 Å². The summed E-state index contributed by atoms with van der Waals surface area (Å²) in [7, 11) is -3.74. The number of anilines is 1. The molecule has 0 saturated heterocycles. The van der Waals surface area contributed by atoms with E-state index in [-0.39, 0.29) is 10.6 Å². The minimum absolute atomic E-state index is 0.0144. The summed E-state index contributed by atoms with van der Waals surface area (Å²) in [6, 6.07) is 12.0. The second kappa shape index (κ2) is 7.78. The Morgan fingerprint density at radius 2 is 1.88 bits per heavy atom. The predicted octanol–water partition coefficient (Wildman–Crippen LogP) is 2.41. The minimum Gasteiger partial charge on any atom is -0.398 e. The lowest BCUT2D eigenvalue weighted by Gasteiger charge is -2.15. The number of benzene rings is 2. The summed E-state index contributed by atoms with van der Waals surface area (Å²) in [4.78, 5) is 11.3. The minimum atomic E-state index is -3.74. The summed E-state index contributed by atoms with van der Waals surface area (Å²) < 4.78 is 25.6. The average Bonchev–Trinajstić information content (AvgIpc) is 2.60. The average molecular weight is 358 g/mol. The van der Waals surface area contributed by atoms with Crippen LogP contribution in [-0.4, -0.2) is 25.3 Å². The Bertz CT molecular complexity index is 920. The van der Waals surface area contributed by atoms with Crippen LogP contribution in [0.25, 0.3) is 17.2 Å². The van der Waals surface area contributed by atoms with Gasteiger partial charge in [0.05, 0.1) is 10.6 Å². The largest absolute Gasteiger partial charge is 0.398 e. The number of hydrogen-bond donors (Lipinski definition) is 3. The second-order valence-corrected chi connectivity index (χ2v) is 7.16. The molecule has 0 aliphatic carbocycles. The fourth-order valence-electron chi connectivity index (χ4n) is 2.42. The maximum atomic E-state index is 12.8. The molecule has 25 heavy (non-hydrogen) atoms. The highest BCUT2D eigenvalue weighted by Crippen LogP contribution is 2.36. The van der Waals surface area contributed by atoms with E-state index in [9.17, 15) is 13.2 Å². The molecule has 2 aromatic rings. The maximum absolute atomic E-state index is 12.8. The van der Waals surface area contributed by atoms with Crippen LogP contribution in [0.5, 0.6) is 0 Å². The molecule has 2 aromatic carbocycles. The van der Waals surface area contributed by atoms with Crippen molar-refractivity contribution >= 4 is 27.5 Å². The van der Waals surface area contributed by atoms with Crippen LogP contribution in [0, 0.1) is 0 Å². The number of nitrogen functional groups attached to an aromatic ring is 1. The first-order valence-corrected chi connectivity index (χ1v) is 8.99. The number of nitrogens with two attached hydrogens (primary N) is 1. The first kappa shape index (κ1) is 18.4. The van der Waals surface area contributed by atoms with Crippen molar-refractivity contribution in [2.45, 2.75) is 4.90 Å². The van der Waals surface area contributed by atoms with Crippen molar-refractivity contribution in [2.75, 3.05) is 11.5 Å². The van der Waals surface area contributed by atoms with Crippen LogP contribution in [0.15, 0.2) is 66.1 Å². The highest BCUT2D eigenvalue weighted by molar-refractivity contribution is 7.91. The van der Waals surface area contributed by atoms with Gasteiger partial charge in [-0.2, -0.15) is 0 Å². The summed E-state index contributed by atoms with van der Waals surface area (Å²) in [6.45, 7) is 3.49. The summed E-state index contributed by atoms with van der Waals surface area (Å²) in [5, 5.41) is 8.60. The molecule has 6 nitrogen and oxygen atoms in total. The zero-order valence-electron chi connectivity index (χ0n) is 13.3. The van der Waals surface area contributed by atoms with E-state index in [1.807, 2.05) is 6.07 Å². The van der Waals surface area contributed by atoms with Gasteiger partial charge in [-0.3, -0.25) is 10.0 Å². The van der Waals surface area contributed by atoms with Crippen LogP contribution in [0.2, 0.25) is 0 Å². The smallest absolute Gasteiger partial charge is 0.267 e. The SMILES string of the molecule is C=CCS(=O)(=O)c1c(/C=C/C(=O)NO)ccc(N)c1-c1ccccc1.